The molecular weight excluding hydrogens is 1780 g/mol. The molecule has 15 aromatic rings. The van der Waals surface area contributed by atoms with Crippen molar-refractivity contribution in [3.63, 3.8) is 0 Å². The Bertz CT molecular complexity index is 7420. The number of rotatable bonds is 19. The van der Waals surface area contributed by atoms with Gasteiger partial charge in [-0.05, 0) is 254 Å². The second-order valence-electron chi connectivity index (χ2n) is 34.5. The highest BCUT2D eigenvalue weighted by Crippen LogP contribution is 2.37. The molecule has 3 fully saturated rings. The first kappa shape index (κ1) is 97.0. The molecule has 0 radical (unpaired) electrons. The summed E-state index contributed by atoms with van der Waals surface area (Å²) < 4.78 is 99.6. The molecule has 0 bridgehead atoms. The van der Waals surface area contributed by atoms with Crippen molar-refractivity contribution in [2.75, 3.05) is 158 Å². The van der Waals surface area contributed by atoms with Crippen LogP contribution in [-0.2, 0) is 0 Å². The maximum Gasteiger partial charge on any atom is 0.258 e. The second kappa shape index (κ2) is 43.9. The van der Waals surface area contributed by atoms with E-state index in [0.717, 1.165) is 162 Å². The van der Waals surface area contributed by atoms with Gasteiger partial charge in [0.25, 0.3) is 27.8 Å². The fourth-order valence-corrected chi connectivity index (χ4v) is 17.5. The fraction of sp³-hybridized carbons (Fsp3) is 0.295. The topological polar surface area (TPSA) is 298 Å². The van der Waals surface area contributed by atoms with Crippen LogP contribution >= 0.6 is 0 Å². The molecule has 0 unspecified atom stereocenters. The Labute approximate surface area is 799 Å². The van der Waals surface area contributed by atoms with Crippen molar-refractivity contribution in [3.05, 3.63) is 305 Å². The van der Waals surface area contributed by atoms with Crippen LogP contribution in [0.3, 0.4) is 0 Å². The van der Waals surface area contributed by atoms with Crippen LogP contribution in [0.25, 0.3) is 95.7 Å². The molecule has 30 nitrogen and oxygen atoms in total. The number of pyridine rings is 5. The number of halogens is 4. The number of benzene rings is 5. The summed E-state index contributed by atoms with van der Waals surface area (Å²) in [5.74, 6) is -0.322. The van der Waals surface area contributed by atoms with Gasteiger partial charge in [0.15, 0.2) is 63.5 Å². The summed E-state index contributed by atoms with van der Waals surface area (Å²) in [5.41, 5.74) is 14.4. The van der Waals surface area contributed by atoms with Crippen molar-refractivity contribution in [2.24, 2.45) is 0 Å². The van der Waals surface area contributed by atoms with Gasteiger partial charge < -0.3 is 74.0 Å². The van der Waals surface area contributed by atoms with Gasteiger partial charge in [0.2, 0.25) is 0 Å². The summed E-state index contributed by atoms with van der Waals surface area (Å²) in [5, 5.41) is 13.5. The molecule has 0 aliphatic carbocycles. The molecule has 1 atom stereocenters. The number of nitrogens with one attached hydrogen (secondary N) is 4. The normalized spacial score (nSPS) is 15.3. The third-order valence-electron chi connectivity index (χ3n) is 25.2. The lowest BCUT2D eigenvalue weighted by Gasteiger charge is -2.36. The Hall–Kier alpha value is -15.1. The van der Waals surface area contributed by atoms with E-state index in [1.165, 1.54) is 83.7 Å². The molecule has 5 aromatic carbocycles. The van der Waals surface area contributed by atoms with Crippen LogP contribution in [0, 0.1) is 23.3 Å². The van der Waals surface area contributed by atoms with Crippen LogP contribution in [0.1, 0.15) is 56.6 Å². The zero-order valence-corrected chi connectivity index (χ0v) is 79.2. The largest absolute Gasteiger partial charge is 0.494 e. The standard InChI is InChI=1S/C22H25FN4O2.C22H23N3O3.C21H24N4O3.C20H20F2N4O2.C20H18FN3O2/c1-25(2)16-8-10-26(11-9-16)17-5-7-21-24-19(13-22(28)27(21)14-17)15-4-6-20(29-3)18(23)12-15;1-24-10-8-15(9-11-24)17-5-7-21-23-18(13-22(26)25(21)14-17)16-4-6-19(27-2)20(12-16)28-3;1-27-18-5-3-14(11-19(18)28-2)17-12-21(26)25-13-16(4-6-20(25)24-17)23-15-7-9-22-10-8-15;1-12-10-25(6-5-23-12)14-3-4-18-24-17(9-19(27)26(18)11-14)13-7-15(21)20(28-2)16(22)8-13;1-26-18-4-2-14(10-16(18)21)17-11-20(25)24-12-15(3-5-19(24)23-17)13-6-8-22-9-7-13/h4-7,12-14,16H,8-11H2,1-3H3;4-8,12-14H,9-11H2,1-3H3;3-6,11-13,15,22-23H,7-10H2,1-2H3;3-4,7-9,11-12,23H,5-6,10H2,1-2H3;2-6,10-12,22H,7-9H2,1H3/t;;;12-;/m...0./s1. The van der Waals surface area contributed by atoms with Gasteiger partial charge in [0.1, 0.15) is 28.2 Å². The van der Waals surface area contributed by atoms with Crippen LogP contribution < -0.4 is 92.0 Å². The number of piperidine rings is 2. The number of hydrogen-bond acceptors (Lipinski definition) is 25. The van der Waals surface area contributed by atoms with Crippen LogP contribution in [0.5, 0.6) is 40.2 Å². The van der Waals surface area contributed by atoms with E-state index in [9.17, 15) is 41.5 Å². The average molecular weight is 1890 g/mol. The summed E-state index contributed by atoms with van der Waals surface area (Å²) in [6.07, 6.45) is 19.7. The fourth-order valence-electron chi connectivity index (χ4n) is 17.5. The maximum absolute atomic E-state index is 14.0. The molecule has 3 saturated heterocycles. The summed E-state index contributed by atoms with van der Waals surface area (Å²) >= 11 is 0. The molecule has 139 heavy (non-hydrogen) atoms. The Kier molecular flexibility index (Phi) is 30.7. The monoisotopic (exact) mass is 1890 g/mol. The number of piperazine rings is 1. The summed E-state index contributed by atoms with van der Waals surface area (Å²) in [4.78, 5) is 95.3. The van der Waals surface area contributed by atoms with Crippen LogP contribution in [0.15, 0.2) is 243 Å². The molecule has 4 N–H and O–H groups in total. The summed E-state index contributed by atoms with van der Waals surface area (Å²) in [6, 6.07) is 50.0. The molecule has 10 aromatic heterocycles. The smallest absolute Gasteiger partial charge is 0.258 e. The van der Waals surface area contributed by atoms with Gasteiger partial charge in [0.05, 0.1) is 95.3 Å². The minimum absolute atomic E-state index is 0.106. The molecule has 34 heteroatoms. The molecule has 0 spiro atoms. The third kappa shape index (κ3) is 22.6. The molecular formula is C105H110F4N18O12. The number of ether oxygens (including phenoxy) is 7. The maximum atomic E-state index is 14.0. The number of methoxy groups -OCH3 is 7. The van der Waals surface area contributed by atoms with Crippen molar-refractivity contribution in [3.8, 4) is 96.5 Å². The SMILES string of the molecule is COc1c(F)cc(-c2cc(=O)n3cc(N4CCN[C@@H](C)C4)ccc3n2)cc1F.COc1ccc(-c2cc(=O)n3cc(C4=CCN(C)CC4)ccc3n2)cc1OC.COc1ccc(-c2cc(=O)n3cc(C4=CCNCC4)ccc3n2)cc1F.COc1ccc(-c2cc(=O)n3cc(N4CCC(N(C)C)CC4)ccc3n2)cc1F.COc1ccc(-c2cc(=O)n3cc(NC4CCNCC4)ccc3n2)cc1OC. The molecule has 5 aliphatic rings. The van der Waals surface area contributed by atoms with Gasteiger partial charge in [-0.1, -0.05) is 12.2 Å². The van der Waals surface area contributed by atoms with Gasteiger partial charge in [-0.15, -0.1) is 0 Å². The van der Waals surface area contributed by atoms with Gasteiger partial charge >= 0.3 is 0 Å². The van der Waals surface area contributed by atoms with E-state index < -0.39 is 29.0 Å². The zero-order chi connectivity index (χ0) is 97.7. The zero-order valence-electron chi connectivity index (χ0n) is 79.2. The van der Waals surface area contributed by atoms with Gasteiger partial charge in [0, 0.05) is 160 Å². The van der Waals surface area contributed by atoms with Crippen LogP contribution in [0.2, 0.25) is 0 Å². The minimum atomic E-state index is -0.845. The summed E-state index contributed by atoms with van der Waals surface area (Å²) in [6.45, 7) is 12.3. The lowest BCUT2D eigenvalue weighted by molar-refractivity contribution is 0.249. The highest BCUT2D eigenvalue weighted by atomic mass is 19.1. The predicted molar refractivity (Wildman–Crippen MR) is 534 cm³/mol. The quantitative estimate of drug-likeness (QED) is 0.0547. The second-order valence-corrected chi connectivity index (χ2v) is 34.5. The number of likely N-dealkylation sites (N-methyl/N-ethyl adjacent to an activating group) is 1. The van der Waals surface area contributed by atoms with Crippen molar-refractivity contribution in [1.29, 1.82) is 0 Å². The van der Waals surface area contributed by atoms with Crippen molar-refractivity contribution in [1.82, 2.24) is 72.7 Å². The predicted octanol–water partition coefficient (Wildman–Crippen LogP) is 14.0. The number of fused-ring (bicyclic) bond motifs is 5. The summed E-state index contributed by atoms with van der Waals surface area (Å²) in [7, 11) is 16.7. The third-order valence-corrected chi connectivity index (χ3v) is 25.2. The van der Waals surface area contributed by atoms with E-state index >= 15 is 0 Å². The average Bonchev–Trinajstić information content (AvgIpc) is 0.792. The number of aromatic nitrogens is 10. The van der Waals surface area contributed by atoms with Gasteiger partial charge in [-0.25, -0.2) is 42.5 Å². The number of anilines is 3. The molecule has 20 rings (SSSR count). The Balaban J connectivity index is 0.000000125. The van der Waals surface area contributed by atoms with Gasteiger partial charge in [-0.2, -0.15) is 0 Å². The van der Waals surface area contributed by atoms with E-state index in [1.807, 2.05) is 116 Å². The van der Waals surface area contributed by atoms with Crippen molar-refractivity contribution in [2.45, 2.75) is 63.6 Å². The van der Waals surface area contributed by atoms with Crippen molar-refractivity contribution >= 4 is 56.4 Å². The van der Waals surface area contributed by atoms with E-state index in [0.29, 0.717) is 103 Å². The molecule has 720 valence electrons. The Morgan fingerprint density at radius 3 is 1.19 bits per heavy atom. The first-order valence-corrected chi connectivity index (χ1v) is 45.8. The van der Waals surface area contributed by atoms with Crippen LogP contribution in [-0.4, -0.2) is 218 Å². The lowest BCUT2D eigenvalue weighted by Crippen LogP contribution is -2.49. The van der Waals surface area contributed by atoms with E-state index in [1.54, 1.807) is 78.2 Å². The first-order valence-electron chi connectivity index (χ1n) is 45.8. The lowest BCUT2D eigenvalue weighted by atomic mass is 10.0. The van der Waals surface area contributed by atoms with E-state index in [2.05, 4.69) is 106 Å². The van der Waals surface area contributed by atoms with E-state index in [4.69, 9.17) is 33.2 Å². The van der Waals surface area contributed by atoms with Crippen LogP contribution in [0.4, 0.5) is 34.6 Å². The highest BCUT2D eigenvalue weighted by Gasteiger charge is 2.25. The molecule has 0 amide bonds. The number of nitrogens with zero attached hydrogens (tertiary/aromatic N) is 14. The Morgan fingerprint density at radius 2 is 0.777 bits per heavy atom. The molecule has 5 aliphatic heterocycles. The molecule has 0 saturated carbocycles. The highest BCUT2D eigenvalue weighted by molar-refractivity contribution is 5.73. The van der Waals surface area contributed by atoms with E-state index in [-0.39, 0.29) is 50.6 Å². The van der Waals surface area contributed by atoms with Gasteiger partial charge in [-0.3, -0.25) is 46.0 Å². The Morgan fingerprint density at radius 1 is 0.374 bits per heavy atom. The number of hydrogen-bond donors (Lipinski definition) is 4. The minimum Gasteiger partial charge on any atom is -0.494 e. The van der Waals surface area contributed by atoms with Crippen molar-refractivity contribution < 1.29 is 50.7 Å². The molecule has 15 heterocycles. The first-order chi connectivity index (χ1) is 67.3.